The molecule has 0 bridgehead atoms. The number of carbonyl (C=O) groups is 1. The van der Waals surface area contributed by atoms with Crippen LogP contribution in [-0.4, -0.2) is 23.3 Å². The number of anilines is 1. The molecule has 0 heterocycles. The van der Waals surface area contributed by atoms with E-state index < -0.39 is 11.6 Å². The Morgan fingerprint density at radius 3 is 2.76 bits per heavy atom. The van der Waals surface area contributed by atoms with E-state index in [1.165, 1.54) is 0 Å². The van der Waals surface area contributed by atoms with E-state index in [9.17, 15) is 9.90 Å². The van der Waals surface area contributed by atoms with E-state index in [4.69, 9.17) is 11.6 Å². The van der Waals surface area contributed by atoms with Crippen molar-refractivity contribution in [2.75, 3.05) is 11.9 Å². The van der Waals surface area contributed by atoms with Crippen LogP contribution in [0.3, 0.4) is 0 Å². The van der Waals surface area contributed by atoms with E-state index in [-0.39, 0.29) is 6.54 Å². The molecule has 0 radical (unpaired) electrons. The van der Waals surface area contributed by atoms with E-state index in [0.29, 0.717) is 15.2 Å². The zero-order chi connectivity index (χ0) is 13.1. The van der Waals surface area contributed by atoms with Gasteiger partial charge in [-0.1, -0.05) is 17.7 Å². The quantitative estimate of drug-likeness (QED) is 0.801. The lowest BCUT2D eigenvalue weighted by atomic mass is 10.1. The van der Waals surface area contributed by atoms with E-state index in [0.717, 1.165) is 0 Å². The summed E-state index contributed by atoms with van der Waals surface area (Å²) in [5.74, 6) is 0. The molecule has 1 aromatic carbocycles. The molecule has 4 nitrogen and oxygen atoms in total. The highest BCUT2D eigenvalue weighted by Gasteiger charge is 2.14. The predicted octanol–water partition coefficient (Wildman–Crippen LogP) is 2.99. The largest absolute Gasteiger partial charge is 0.389 e. The minimum Gasteiger partial charge on any atom is -0.389 e. The summed E-state index contributed by atoms with van der Waals surface area (Å²) in [6.07, 6.45) is 0. The van der Waals surface area contributed by atoms with Gasteiger partial charge in [0.25, 0.3) is 0 Å². The zero-order valence-electron chi connectivity index (χ0n) is 9.55. The number of rotatable bonds is 3. The monoisotopic (exact) mass is 320 g/mol. The second-order valence-corrected chi connectivity index (χ2v) is 5.42. The summed E-state index contributed by atoms with van der Waals surface area (Å²) in [4.78, 5) is 11.5. The molecule has 1 aromatic rings. The van der Waals surface area contributed by atoms with Gasteiger partial charge >= 0.3 is 6.03 Å². The lowest BCUT2D eigenvalue weighted by Gasteiger charge is -2.18. The maximum absolute atomic E-state index is 11.5. The van der Waals surface area contributed by atoms with Gasteiger partial charge in [0.1, 0.15) is 0 Å². The van der Waals surface area contributed by atoms with Crippen LogP contribution in [-0.2, 0) is 0 Å². The van der Waals surface area contributed by atoms with Crippen molar-refractivity contribution in [1.29, 1.82) is 0 Å². The number of urea groups is 1. The minimum absolute atomic E-state index is 0.164. The molecule has 6 heteroatoms. The normalized spacial score (nSPS) is 11.1. The Hall–Kier alpha value is -0.780. The van der Waals surface area contributed by atoms with Crippen LogP contribution >= 0.6 is 27.5 Å². The first-order valence-electron chi connectivity index (χ1n) is 5.01. The third kappa shape index (κ3) is 4.93. The van der Waals surface area contributed by atoms with Crippen molar-refractivity contribution in [3.05, 3.63) is 27.7 Å². The van der Waals surface area contributed by atoms with Crippen molar-refractivity contribution in [3.8, 4) is 0 Å². The number of carbonyl (C=O) groups excluding carboxylic acids is 1. The van der Waals surface area contributed by atoms with Crippen LogP contribution in [0, 0.1) is 0 Å². The van der Waals surface area contributed by atoms with Crippen LogP contribution in [0.1, 0.15) is 13.8 Å². The fraction of sp³-hybridized carbons (Fsp3) is 0.364. The second-order valence-electron chi connectivity index (χ2n) is 4.22. The van der Waals surface area contributed by atoms with Gasteiger partial charge in [-0.25, -0.2) is 4.79 Å². The van der Waals surface area contributed by atoms with Gasteiger partial charge in [-0.15, -0.1) is 0 Å². The smallest absolute Gasteiger partial charge is 0.319 e. The zero-order valence-corrected chi connectivity index (χ0v) is 11.9. The molecule has 0 spiro atoms. The summed E-state index contributed by atoms with van der Waals surface area (Å²) in [6.45, 7) is 3.39. The molecule has 0 aliphatic carbocycles. The van der Waals surface area contributed by atoms with Gasteiger partial charge in [0.2, 0.25) is 0 Å². The van der Waals surface area contributed by atoms with E-state index in [2.05, 4.69) is 26.6 Å². The number of benzene rings is 1. The van der Waals surface area contributed by atoms with Gasteiger partial charge in [-0.2, -0.15) is 0 Å². The van der Waals surface area contributed by atoms with E-state index in [1.54, 1.807) is 32.0 Å². The van der Waals surface area contributed by atoms with Crippen molar-refractivity contribution in [3.63, 3.8) is 0 Å². The molecular formula is C11H14BrClN2O2. The van der Waals surface area contributed by atoms with Crippen molar-refractivity contribution in [2.24, 2.45) is 0 Å². The lowest BCUT2D eigenvalue weighted by Crippen LogP contribution is -2.40. The van der Waals surface area contributed by atoms with Gasteiger partial charge < -0.3 is 15.7 Å². The van der Waals surface area contributed by atoms with Gasteiger partial charge in [-0.05, 0) is 41.9 Å². The molecule has 0 fully saturated rings. The van der Waals surface area contributed by atoms with E-state index >= 15 is 0 Å². The first kappa shape index (κ1) is 14.3. The van der Waals surface area contributed by atoms with Crippen molar-refractivity contribution < 1.29 is 9.90 Å². The summed E-state index contributed by atoms with van der Waals surface area (Å²) in [6, 6.07) is 4.78. The Morgan fingerprint density at radius 1 is 1.53 bits per heavy atom. The molecular weight excluding hydrogens is 307 g/mol. The van der Waals surface area contributed by atoms with Crippen LogP contribution in [0.15, 0.2) is 22.7 Å². The Kier molecular flexibility index (Phi) is 4.80. The Balaban J connectivity index is 2.60. The predicted molar refractivity (Wildman–Crippen MR) is 72.5 cm³/mol. The molecule has 94 valence electrons. The van der Waals surface area contributed by atoms with Crippen molar-refractivity contribution >= 4 is 39.2 Å². The maximum Gasteiger partial charge on any atom is 0.319 e. The summed E-state index contributed by atoms with van der Waals surface area (Å²) >= 11 is 9.16. The molecule has 0 atom stereocenters. The summed E-state index contributed by atoms with van der Waals surface area (Å²) in [7, 11) is 0. The summed E-state index contributed by atoms with van der Waals surface area (Å²) < 4.78 is 0.625. The number of nitrogens with one attached hydrogen (secondary N) is 2. The van der Waals surface area contributed by atoms with Crippen LogP contribution < -0.4 is 10.6 Å². The molecule has 1 rings (SSSR count). The molecule has 3 N–H and O–H groups in total. The molecule has 0 aromatic heterocycles. The summed E-state index contributed by atoms with van der Waals surface area (Å²) in [5.41, 5.74) is -0.367. The molecule has 0 aliphatic rings. The van der Waals surface area contributed by atoms with Gasteiger partial charge in [-0.3, -0.25) is 0 Å². The Morgan fingerprint density at radius 2 is 2.18 bits per heavy atom. The number of aliphatic hydroxyl groups is 1. The molecule has 17 heavy (non-hydrogen) atoms. The minimum atomic E-state index is -0.942. The third-order valence-corrected chi connectivity index (χ3v) is 3.28. The third-order valence-electron chi connectivity index (χ3n) is 1.88. The van der Waals surface area contributed by atoms with Gasteiger partial charge in [0, 0.05) is 6.54 Å². The summed E-state index contributed by atoms with van der Waals surface area (Å²) in [5, 5.41) is 15.2. The maximum atomic E-state index is 11.5. The number of hydrogen-bond donors (Lipinski definition) is 3. The molecule has 2 amide bonds. The lowest BCUT2D eigenvalue weighted by molar-refractivity contribution is 0.0826. The fourth-order valence-corrected chi connectivity index (χ4v) is 1.60. The van der Waals surface area contributed by atoms with Crippen molar-refractivity contribution in [1.82, 2.24) is 5.32 Å². The highest BCUT2D eigenvalue weighted by Crippen LogP contribution is 2.29. The molecule has 0 aliphatic heterocycles. The topological polar surface area (TPSA) is 61.4 Å². The van der Waals surface area contributed by atoms with Crippen LogP contribution in [0.2, 0.25) is 5.02 Å². The number of halogens is 2. The average molecular weight is 322 g/mol. The Bertz CT molecular complexity index is 418. The van der Waals surface area contributed by atoms with Crippen LogP contribution in [0.5, 0.6) is 0 Å². The highest BCUT2D eigenvalue weighted by molar-refractivity contribution is 9.10. The van der Waals surface area contributed by atoms with Crippen LogP contribution in [0.4, 0.5) is 10.5 Å². The first-order chi connectivity index (χ1) is 7.79. The van der Waals surface area contributed by atoms with E-state index in [1.807, 2.05) is 0 Å². The molecule has 0 saturated heterocycles. The molecule has 0 unspecified atom stereocenters. The fourth-order valence-electron chi connectivity index (χ4n) is 1.06. The Labute approximate surface area is 113 Å². The van der Waals surface area contributed by atoms with Gasteiger partial charge in [0.15, 0.2) is 0 Å². The SMILES string of the molecule is CC(C)(O)CNC(=O)Nc1cccc(Cl)c1Br. The standard InChI is InChI=1S/C11H14BrClN2O2/c1-11(2,17)6-14-10(16)15-8-5-3-4-7(13)9(8)12/h3-5,17H,6H2,1-2H3,(H2,14,15,16). The van der Waals surface area contributed by atoms with Crippen molar-refractivity contribution in [2.45, 2.75) is 19.4 Å². The highest BCUT2D eigenvalue weighted by atomic mass is 79.9. The number of hydrogen-bond acceptors (Lipinski definition) is 2. The van der Waals surface area contributed by atoms with Gasteiger partial charge in [0.05, 0.1) is 20.8 Å². The van der Waals surface area contributed by atoms with Crippen LogP contribution in [0.25, 0.3) is 0 Å². The average Bonchev–Trinajstić information content (AvgIpc) is 2.21. The second kappa shape index (κ2) is 5.71. The molecule has 0 saturated carbocycles. The first-order valence-corrected chi connectivity index (χ1v) is 6.18. The number of amides is 2.